The van der Waals surface area contributed by atoms with E-state index in [0.717, 1.165) is 12.1 Å². The van der Waals surface area contributed by atoms with Gasteiger partial charge in [-0.15, -0.1) is 4.72 Å². The van der Waals surface area contributed by atoms with Gasteiger partial charge in [0, 0.05) is 52.4 Å². The maximum atomic E-state index is 15.9. The molecule has 1 aromatic heterocycles. The van der Waals surface area contributed by atoms with Gasteiger partial charge in [-0.2, -0.15) is 3.71 Å². The van der Waals surface area contributed by atoms with Gasteiger partial charge >= 0.3 is 0 Å². The molecule has 0 aliphatic carbocycles. The molecule has 0 fully saturated rings. The summed E-state index contributed by atoms with van der Waals surface area (Å²) in [4.78, 5) is 26.6. The van der Waals surface area contributed by atoms with E-state index in [0.29, 0.717) is 5.02 Å². The van der Waals surface area contributed by atoms with Crippen LogP contribution in [0, 0.1) is 5.82 Å². The van der Waals surface area contributed by atoms with Gasteiger partial charge in [-0.3, -0.25) is 9.59 Å². The number of hydrogen-bond acceptors (Lipinski definition) is 8. The highest BCUT2D eigenvalue weighted by atomic mass is 35.5. The molecule has 0 aliphatic rings. The number of benzene rings is 2. The Kier molecular flexibility index (Phi) is 10.8. The topological polar surface area (TPSA) is 146 Å². The van der Waals surface area contributed by atoms with Crippen LogP contribution >= 0.6 is 11.6 Å². The van der Waals surface area contributed by atoms with Gasteiger partial charge in [-0.25, -0.2) is 21.2 Å². The second kappa shape index (κ2) is 13.3. The minimum atomic E-state index is -4.57. The molecule has 2 aromatic carbocycles. The van der Waals surface area contributed by atoms with E-state index in [-0.39, 0.29) is 31.5 Å². The van der Waals surface area contributed by atoms with Gasteiger partial charge in [0.2, 0.25) is 20.0 Å². The van der Waals surface area contributed by atoms with Crippen LogP contribution in [-0.2, 0) is 38.5 Å². The Morgan fingerprint density at radius 1 is 1.05 bits per heavy atom. The lowest BCUT2D eigenvalue weighted by atomic mass is 9.90. The molecule has 0 spiro atoms. The van der Waals surface area contributed by atoms with Crippen molar-refractivity contribution >= 4 is 54.5 Å². The van der Waals surface area contributed by atoms with Crippen molar-refractivity contribution in [2.75, 3.05) is 15.2 Å². The number of nitrogens with one attached hydrogen (secondary N) is 1. The summed E-state index contributed by atoms with van der Waals surface area (Å²) in [5.41, 5.74) is -0.986. The smallest absolute Gasteiger partial charge is 0.250 e. The molecular formula is C29H35ClFN3O7S3. The summed E-state index contributed by atoms with van der Waals surface area (Å²) in [7, 11) is -7.69. The number of sulfonamides is 2. The summed E-state index contributed by atoms with van der Waals surface area (Å²) in [6.07, 6.45) is 1.37. The number of hydrogen-bond donors (Lipinski definition) is 1. The lowest BCUT2D eigenvalue weighted by Crippen LogP contribution is -2.41. The van der Waals surface area contributed by atoms with Gasteiger partial charge in [0.25, 0.3) is 5.56 Å². The molecule has 240 valence electrons. The summed E-state index contributed by atoms with van der Waals surface area (Å²) in [6.45, 7) is 9.33. The summed E-state index contributed by atoms with van der Waals surface area (Å²) in [6, 6.07) is 8.04. The monoisotopic (exact) mass is 687 g/mol. The van der Waals surface area contributed by atoms with Crippen molar-refractivity contribution in [3.63, 3.8) is 0 Å². The molecule has 0 saturated heterocycles. The molecule has 1 N–H and O–H groups in total. The molecule has 0 radical (unpaired) electrons. The van der Waals surface area contributed by atoms with Crippen LogP contribution < -0.4 is 14.0 Å². The summed E-state index contributed by atoms with van der Waals surface area (Å²) >= 11 is 4.39. The van der Waals surface area contributed by atoms with E-state index >= 15 is 4.39 Å². The molecule has 0 amide bonds. The third kappa shape index (κ3) is 7.54. The molecule has 44 heavy (non-hydrogen) atoms. The predicted octanol–water partition coefficient (Wildman–Crippen LogP) is 4.69. The van der Waals surface area contributed by atoms with Crippen molar-refractivity contribution in [1.82, 2.24) is 9.29 Å². The zero-order valence-electron chi connectivity index (χ0n) is 25.3. The molecule has 10 nitrogen and oxygen atoms in total. The van der Waals surface area contributed by atoms with Crippen LogP contribution in [0.3, 0.4) is 0 Å². The third-order valence-electron chi connectivity index (χ3n) is 6.73. The molecule has 0 bridgehead atoms. The molecule has 0 saturated carbocycles. The standard InChI is InChI=1S/C29H35ClFN3O7S3/c1-8-43(38,39)34(44(40,41)9-2)26-15-22(23(14-25(26)31)28(36)19-10-12-20(30)13-11-19)24-17-33(7)27(35)16-21(24)18(3)32-42(37)29(4,5)6/h10-18,32H,8-9H2,1-7H3/t18-,42?/m1/s1. The summed E-state index contributed by atoms with van der Waals surface area (Å²) in [5, 5.41) is 0.348. The van der Waals surface area contributed by atoms with E-state index in [1.54, 1.807) is 27.7 Å². The number of anilines is 1. The molecule has 15 heteroatoms. The molecule has 0 aliphatic heterocycles. The lowest BCUT2D eigenvalue weighted by Gasteiger charge is -2.28. The number of aromatic nitrogens is 1. The summed E-state index contributed by atoms with van der Waals surface area (Å²) < 4.78 is 84.7. The number of pyridine rings is 1. The highest BCUT2D eigenvalue weighted by molar-refractivity contribution is 8.10. The summed E-state index contributed by atoms with van der Waals surface area (Å²) in [5.74, 6) is -3.26. The van der Waals surface area contributed by atoms with Gasteiger partial charge < -0.3 is 9.12 Å². The highest BCUT2D eigenvalue weighted by Crippen LogP contribution is 2.38. The van der Waals surface area contributed by atoms with Crippen LogP contribution in [0.2, 0.25) is 5.02 Å². The Hall–Kier alpha value is -2.75. The molecule has 1 heterocycles. The van der Waals surface area contributed by atoms with Crippen molar-refractivity contribution in [3.8, 4) is 11.1 Å². The van der Waals surface area contributed by atoms with Crippen molar-refractivity contribution in [2.45, 2.75) is 52.3 Å². The van der Waals surface area contributed by atoms with Crippen LogP contribution in [-0.4, -0.2) is 48.0 Å². The first-order chi connectivity index (χ1) is 20.2. The minimum Gasteiger partial charge on any atom is -0.598 e. The van der Waals surface area contributed by atoms with E-state index < -0.39 is 76.6 Å². The van der Waals surface area contributed by atoms with Gasteiger partial charge in [-0.1, -0.05) is 11.6 Å². The van der Waals surface area contributed by atoms with Crippen molar-refractivity contribution in [2.24, 2.45) is 7.05 Å². The Bertz CT molecular complexity index is 1810. The largest absolute Gasteiger partial charge is 0.598 e. The van der Waals surface area contributed by atoms with Crippen LogP contribution in [0.1, 0.15) is 69.1 Å². The van der Waals surface area contributed by atoms with Gasteiger partial charge in [-0.05, 0) is 89.1 Å². The minimum absolute atomic E-state index is 0.0490. The molecular weight excluding hydrogens is 653 g/mol. The fourth-order valence-corrected chi connectivity index (χ4v) is 8.50. The Morgan fingerprint density at radius 2 is 1.59 bits per heavy atom. The zero-order chi connectivity index (χ0) is 33.4. The fraction of sp³-hybridized carbons (Fsp3) is 0.379. The first-order valence-corrected chi connectivity index (χ1v) is 18.3. The normalized spacial score (nSPS) is 13.9. The van der Waals surface area contributed by atoms with Crippen LogP contribution in [0.25, 0.3) is 11.1 Å². The second-order valence-electron chi connectivity index (χ2n) is 11.0. The number of halogens is 2. The SMILES string of the molecule is CCS(=O)(=O)N(c1cc(-c2cn(C)c(=O)cc2[C@@H](C)N[S+]([O-])C(C)(C)C)c(C(=O)c2ccc(Cl)cc2)cc1F)S(=O)(=O)CC. The van der Waals surface area contributed by atoms with E-state index in [4.69, 9.17) is 11.6 Å². The third-order valence-corrected chi connectivity index (χ3v) is 12.9. The quantitative estimate of drug-likeness (QED) is 0.226. The van der Waals surface area contributed by atoms with Crippen molar-refractivity contribution < 1.29 is 30.6 Å². The first-order valence-electron chi connectivity index (χ1n) is 13.5. The average molecular weight is 688 g/mol. The zero-order valence-corrected chi connectivity index (χ0v) is 28.5. The number of carbonyl (C=O) groups excluding carboxylic acids is 1. The van der Waals surface area contributed by atoms with Gasteiger partial charge in [0.1, 0.15) is 16.3 Å². The van der Waals surface area contributed by atoms with E-state index in [1.165, 1.54) is 62.0 Å². The van der Waals surface area contributed by atoms with Crippen molar-refractivity contribution in [3.05, 3.63) is 86.5 Å². The Morgan fingerprint density at radius 3 is 2.09 bits per heavy atom. The number of carbonyl (C=O) groups is 1. The van der Waals surface area contributed by atoms with E-state index in [2.05, 4.69) is 4.72 Å². The molecule has 3 rings (SSSR count). The highest BCUT2D eigenvalue weighted by Gasteiger charge is 2.36. The molecule has 2 atom stereocenters. The molecule has 1 unspecified atom stereocenters. The van der Waals surface area contributed by atoms with E-state index in [9.17, 15) is 31.0 Å². The van der Waals surface area contributed by atoms with E-state index in [1.807, 2.05) is 0 Å². The fourth-order valence-electron chi connectivity index (χ4n) is 4.20. The average Bonchev–Trinajstić information content (AvgIpc) is 2.94. The number of nitrogens with zero attached hydrogens (tertiary/aromatic N) is 2. The number of ketones is 1. The van der Waals surface area contributed by atoms with Crippen LogP contribution in [0.15, 0.2) is 53.5 Å². The first kappa shape index (κ1) is 35.7. The molecule has 3 aromatic rings. The lowest BCUT2D eigenvalue weighted by molar-refractivity contribution is 0.103. The Labute approximate surface area is 265 Å². The maximum Gasteiger partial charge on any atom is 0.250 e. The maximum absolute atomic E-state index is 15.9. The van der Waals surface area contributed by atoms with Crippen molar-refractivity contribution in [1.29, 1.82) is 0 Å². The predicted molar refractivity (Wildman–Crippen MR) is 173 cm³/mol. The van der Waals surface area contributed by atoms with Gasteiger partial charge in [0.15, 0.2) is 5.78 Å². The second-order valence-corrected chi connectivity index (χ2v) is 17.9. The number of aryl methyl sites for hydroxylation is 1. The van der Waals surface area contributed by atoms with Gasteiger partial charge in [0.05, 0.1) is 17.5 Å². The Balaban J connectivity index is 2.48. The van der Waals surface area contributed by atoms with Crippen LogP contribution in [0.5, 0.6) is 0 Å². The number of rotatable bonds is 11. The van der Waals surface area contributed by atoms with Crippen LogP contribution in [0.4, 0.5) is 10.1 Å².